The van der Waals surface area contributed by atoms with Crippen molar-refractivity contribution in [1.29, 1.82) is 0 Å². The Balaban J connectivity index is 2.18. The topological polar surface area (TPSA) is 70.6 Å². The minimum atomic E-state index is -3.59. The second-order valence-electron chi connectivity index (χ2n) is 6.94. The highest BCUT2D eigenvalue weighted by atomic mass is 32.2. The number of nitrogens with zero attached hydrogens (tertiary/aromatic N) is 3. The van der Waals surface area contributed by atoms with E-state index >= 15 is 0 Å². The molecule has 27 heavy (non-hydrogen) atoms. The summed E-state index contributed by atoms with van der Waals surface area (Å²) in [5.41, 5.74) is 4.40. The van der Waals surface area contributed by atoms with Gasteiger partial charge in [0.2, 0.25) is 15.9 Å². The van der Waals surface area contributed by atoms with Gasteiger partial charge in [-0.05, 0) is 56.0 Å². The van der Waals surface area contributed by atoms with E-state index < -0.39 is 10.0 Å². The third kappa shape index (κ3) is 5.53. The molecule has 2 rings (SSSR count). The first kappa shape index (κ1) is 20.9. The molecule has 0 atom stereocenters. The number of sulfonamides is 1. The van der Waals surface area contributed by atoms with Gasteiger partial charge >= 0.3 is 0 Å². The number of anilines is 1. The van der Waals surface area contributed by atoms with Crippen molar-refractivity contribution in [3.8, 4) is 0 Å². The van der Waals surface area contributed by atoms with E-state index in [4.69, 9.17) is 0 Å². The molecule has 0 radical (unpaired) electrons. The van der Waals surface area contributed by atoms with E-state index in [9.17, 15) is 13.2 Å². The fraction of sp³-hybridized carbons (Fsp3) is 0.400. The third-order valence-corrected chi connectivity index (χ3v) is 5.59. The number of hydrogen-bond donors (Lipinski definition) is 0. The lowest BCUT2D eigenvalue weighted by Gasteiger charge is -2.28. The first-order valence-corrected chi connectivity index (χ1v) is 10.6. The second kappa shape index (κ2) is 8.52. The number of rotatable bonds is 7. The molecule has 1 amide bonds. The van der Waals surface area contributed by atoms with E-state index in [0.717, 1.165) is 28.5 Å². The summed E-state index contributed by atoms with van der Waals surface area (Å²) in [6.07, 6.45) is 5.25. The average Bonchev–Trinajstić information content (AvgIpc) is 2.57. The van der Waals surface area contributed by atoms with Gasteiger partial charge in [-0.25, -0.2) is 8.42 Å². The van der Waals surface area contributed by atoms with Crippen molar-refractivity contribution in [2.24, 2.45) is 0 Å². The van der Waals surface area contributed by atoms with E-state index in [1.807, 2.05) is 45.0 Å². The summed E-state index contributed by atoms with van der Waals surface area (Å²) in [5, 5.41) is 0. The predicted molar refractivity (Wildman–Crippen MR) is 108 cm³/mol. The van der Waals surface area contributed by atoms with Crippen molar-refractivity contribution >= 4 is 21.6 Å². The Kier molecular flexibility index (Phi) is 6.59. The zero-order valence-electron chi connectivity index (χ0n) is 16.6. The molecule has 0 aliphatic carbocycles. The van der Waals surface area contributed by atoms with E-state index in [-0.39, 0.29) is 12.5 Å². The maximum atomic E-state index is 12.7. The highest BCUT2D eigenvalue weighted by molar-refractivity contribution is 7.92. The summed E-state index contributed by atoms with van der Waals surface area (Å²) in [5.74, 6) is -0.242. The Labute approximate surface area is 161 Å². The van der Waals surface area contributed by atoms with Crippen molar-refractivity contribution in [1.82, 2.24) is 9.88 Å². The Hall–Kier alpha value is -2.41. The van der Waals surface area contributed by atoms with Gasteiger partial charge in [-0.3, -0.25) is 14.1 Å². The third-order valence-electron chi connectivity index (χ3n) is 4.47. The van der Waals surface area contributed by atoms with Crippen LogP contribution in [0.15, 0.2) is 36.7 Å². The zero-order valence-corrected chi connectivity index (χ0v) is 17.4. The van der Waals surface area contributed by atoms with Crippen molar-refractivity contribution in [2.75, 3.05) is 30.7 Å². The fourth-order valence-electron chi connectivity index (χ4n) is 3.14. The van der Waals surface area contributed by atoms with Crippen LogP contribution in [-0.2, 0) is 21.2 Å². The highest BCUT2D eigenvalue weighted by Crippen LogP contribution is 2.28. The lowest BCUT2D eigenvalue weighted by molar-refractivity contribution is -0.128. The standard InChI is InChI=1S/C20H27N3O3S/c1-15-12-16(2)20(17(3)13-15)23(27(5,25)26)14-19(24)22(4)11-8-18-6-9-21-10-7-18/h6-7,9-10,12-13H,8,11,14H2,1-5H3. The molecule has 0 N–H and O–H groups in total. The van der Waals surface area contributed by atoms with Crippen LogP contribution in [0.5, 0.6) is 0 Å². The van der Waals surface area contributed by atoms with Gasteiger partial charge in [0.1, 0.15) is 6.54 Å². The first-order valence-electron chi connectivity index (χ1n) is 8.78. The van der Waals surface area contributed by atoms with Crippen LogP contribution in [0.25, 0.3) is 0 Å². The van der Waals surface area contributed by atoms with Crippen LogP contribution >= 0.6 is 0 Å². The van der Waals surface area contributed by atoms with E-state index in [1.54, 1.807) is 24.3 Å². The molecule has 2 aromatic rings. The smallest absolute Gasteiger partial charge is 0.243 e. The van der Waals surface area contributed by atoms with Crippen LogP contribution < -0.4 is 4.31 Å². The van der Waals surface area contributed by atoms with Crippen molar-refractivity contribution < 1.29 is 13.2 Å². The number of benzene rings is 1. The average molecular weight is 390 g/mol. The molecule has 0 aliphatic rings. The van der Waals surface area contributed by atoms with E-state index in [0.29, 0.717) is 18.7 Å². The Morgan fingerprint density at radius 3 is 2.15 bits per heavy atom. The molecule has 0 fully saturated rings. The Morgan fingerprint density at radius 2 is 1.63 bits per heavy atom. The molecule has 0 spiro atoms. The maximum absolute atomic E-state index is 12.7. The summed E-state index contributed by atoms with van der Waals surface area (Å²) in [7, 11) is -1.90. The van der Waals surface area contributed by atoms with Gasteiger partial charge in [0.25, 0.3) is 0 Å². The predicted octanol–water partition coefficient (Wildman–Crippen LogP) is 2.47. The lowest BCUT2D eigenvalue weighted by atomic mass is 10.1. The summed E-state index contributed by atoms with van der Waals surface area (Å²) in [6.45, 7) is 5.99. The molecule has 0 unspecified atom stereocenters. The molecule has 6 nitrogen and oxygen atoms in total. The van der Waals surface area contributed by atoms with Gasteiger partial charge in [-0.2, -0.15) is 0 Å². The van der Waals surface area contributed by atoms with Gasteiger partial charge < -0.3 is 4.90 Å². The molecule has 146 valence electrons. The Bertz CT molecular complexity index is 888. The van der Waals surface area contributed by atoms with Gasteiger partial charge in [-0.1, -0.05) is 17.7 Å². The van der Waals surface area contributed by atoms with Gasteiger partial charge in [0, 0.05) is 26.0 Å². The number of aromatic nitrogens is 1. The van der Waals surface area contributed by atoms with Crippen LogP contribution in [0.3, 0.4) is 0 Å². The molecular formula is C20H27N3O3S. The molecular weight excluding hydrogens is 362 g/mol. The normalized spacial score (nSPS) is 11.3. The van der Waals surface area contributed by atoms with Crippen LogP contribution in [-0.4, -0.2) is 50.6 Å². The lowest BCUT2D eigenvalue weighted by Crippen LogP contribution is -2.42. The van der Waals surface area contributed by atoms with Crippen LogP contribution in [0.1, 0.15) is 22.3 Å². The molecule has 1 aromatic heterocycles. The molecule has 0 saturated heterocycles. The quantitative estimate of drug-likeness (QED) is 0.729. The number of amides is 1. The summed E-state index contributed by atoms with van der Waals surface area (Å²) in [4.78, 5) is 18.2. The largest absolute Gasteiger partial charge is 0.344 e. The van der Waals surface area contributed by atoms with Crippen molar-refractivity contribution in [2.45, 2.75) is 27.2 Å². The molecule has 0 aliphatic heterocycles. The van der Waals surface area contributed by atoms with Gasteiger partial charge in [0.05, 0.1) is 11.9 Å². The van der Waals surface area contributed by atoms with Gasteiger partial charge in [0.15, 0.2) is 0 Å². The van der Waals surface area contributed by atoms with Crippen LogP contribution in [0, 0.1) is 20.8 Å². The minimum absolute atomic E-state index is 0.212. The summed E-state index contributed by atoms with van der Waals surface area (Å²) < 4.78 is 26.0. The monoisotopic (exact) mass is 389 g/mol. The molecule has 0 bridgehead atoms. The molecule has 0 saturated carbocycles. The second-order valence-corrected chi connectivity index (χ2v) is 8.84. The highest BCUT2D eigenvalue weighted by Gasteiger charge is 2.25. The minimum Gasteiger partial charge on any atom is -0.344 e. The fourth-order valence-corrected chi connectivity index (χ4v) is 4.11. The SMILES string of the molecule is Cc1cc(C)c(N(CC(=O)N(C)CCc2ccncc2)S(C)(=O)=O)c(C)c1. The van der Waals surface area contributed by atoms with E-state index in [2.05, 4.69) is 4.98 Å². The number of pyridine rings is 1. The number of aryl methyl sites for hydroxylation is 3. The van der Waals surface area contributed by atoms with Crippen molar-refractivity contribution in [3.63, 3.8) is 0 Å². The number of likely N-dealkylation sites (N-methyl/N-ethyl adjacent to an activating group) is 1. The van der Waals surface area contributed by atoms with Gasteiger partial charge in [-0.15, -0.1) is 0 Å². The van der Waals surface area contributed by atoms with Crippen molar-refractivity contribution in [3.05, 3.63) is 58.9 Å². The number of hydrogen-bond acceptors (Lipinski definition) is 4. The zero-order chi connectivity index (χ0) is 20.2. The van der Waals surface area contributed by atoms with Crippen LogP contribution in [0.2, 0.25) is 0 Å². The molecule has 1 aromatic carbocycles. The summed E-state index contributed by atoms with van der Waals surface area (Å²) in [6, 6.07) is 7.66. The molecule has 1 heterocycles. The Morgan fingerprint density at radius 1 is 1.07 bits per heavy atom. The maximum Gasteiger partial charge on any atom is 0.243 e. The number of carbonyl (C=O) groups excluding carboxylic acids is 1. The summed E-state index contributed by atoms with van der Waals surface area (Å²) >= 11 is 0. The van der Waals surface area contributed by atoms with Crippen LogP contribution in [0.4, 0.5) is 5.69 Å². The van der Waals surface area contributed by atoms with E-state index in [1.165, 1.54) is 4.31 Å². The number of carbonyl (C=O) groups is 1. The first-order chi connectivity index (χ1) is 12.6. The molecule has 7 heteroatoms.